The zero-order chi connectivity index (χ0) is 15.0. The number of hydrogen-bond donors (Lipinski definition) is 2. The standard InChI is InChI=1S/C13H12F3N5/c14-7-4-8(15)11(9(16)5-7)20-13-19-10(3-6-1-2-6)18-12(17)21-13/h4-6H,1-3H2,(H3,17,18,19,20,21). The molecule has 1 fully saturated rings. The van der Waals surface area contributed by atoms with Crippen molar-refractivity contribution in [2.24, 2.45) is 5.92 Å². The number of nitrogens with one attached hydrogen (secondary N) is 1. The quantitative estimate of drug-likeness (QED) is 0.906. The predicted octanol–water partition coefficient (Wildman–Crippen LogP) is 2.57. The third-order valence-corrected chi connectivity index (χ3v) is 3.11. The van der Waals surface area contributed by atoms with Crippen molar-refractivity contribution in [1.82, 2.24) is 15.0 Å². The third-order valence-electron chi connectivity index (χ3n) is 3.11. The molecule has 0 amide bonds. The summed E-state index contributed by atoms with van der Waals surface area (Å²) in [5, 5.41) is 2.38. The Labute approximate surface area is 118 Å². The summed E-state index contributed by atoms with van der Waals surface area (Å²) in [6.07, 6.45) is 2.86. The summed E-state index contributed by atoms with van der Waals surface area (Å²) in [4.78, 5) is 11.8. The summed E-state index contributed by atoms with van der Waals surface area (Å²) >= 11 is 0. The molecule has 1 aliphatic carbocycles. The number of benzene rings is 1. The molecule has 0 radical (unpaired) electrons. The zero-order valence-electron chi connectivity index (χ0n) is 10.9. The van der Waals surface area contributed by atoms with Crippen LogP contribution in [0.1, 0.15) is 18.7 Å². The summed E-state index contributed by atoms with van der Waals surface area (Å²) in [6.45, 7) is 0. The smallest absolute Gasteiger partial charge is 0.232 e. The Balaban J connectivity index is 1.88. The largest absolute Gasteiger partial charge is 0.368 e. The monoisotopic (exact) mass is 295 g/mol. The average Bonchev–Trinajstić information content (AvgIpc) is 3.17. The van der Waals surface area contributed by atoms with Gasteiger partial charge in [0.2, 0.25) is 11.9 Å². The Morgan fingerprint density at radius 1 is 1.10 bits per heavy atom. The molecular weight excluding hydrogens is 283 g/mol. The Hall–Kier alpha value is -2.38. The van der Waals surface area contributed by atoms with Gasteiger partial charge < -0.3 is 11.1 Å². The minimum absolute atomic E-state index is 0.0360. The fourth-order valence-electron chi connectivity index (χ4n) is 1.94. The van der Waals surface area contributed by atoms with Crippen LogP contribution in [0.25, 0.3) is 0 Å². The van der Waals surface area contributed by atoms with Crippen LogP contribution in [0.2, 0.25) is 0 Å². The highest BCUT2D eigenvalue weighted by Crippen LogP contribution is 2.32. The highest BCUT2D eigenvalue weighted by atomic mass is 19.1. The van der Waals surface area contributed by atoms with Crippen LogP contribution in [0, 0.1) is 23.4 Å². The predicted molar refractivity (Wildman–Crippen MR) is 70.3 cm³/mol. The molecule has 1 heterocycles. The molecule has 0 bridgehead atoms. The Bertz CT molecular complexity index is 664. The number of nitrogen functional groups attached to an aromatic ring is 1. The van der Waals surface area contributed by atoms with Crippen molar-refractivity contribution in [3.05, 3.63) is 35.4 Å². The molecule has 0 unspecified atom stereocenters. The molecule has 3 rings (SSSR count). The van der Waals surface area contributed by atoms with Gasteiger partial charge in [0, 0.05) is 18.6 Å². The van der Waals surface area contributed by atoms with Crippen LogP contribution in [0.5, 0.6) is 0 Å². The number of halogens is 3. The van der Waals surface area contributed by atoms with Crippen LogP contribution >= 0.6 is 0 Å². The number of nitrogens with two attached hydrogens (primary N) is 1. The van der Waals surface area contributed by atoms with Gasteiger partial charge in [-0.2, -0.15) is 15.0 Å². The first-order chi connectivity index (χ1) is 10.0. The third kappa shape index (κ3) is 3.21. The molecule has 0 saturated heterocycles. The molecule has 1 aliphatic rings. The number of aromatic nitrogens is 3. The maximum Gasteiger partial charge on any atom is 0.232 e. The minimum Gasteiger partial charge on any atom is -0.368 e. The molecular formula is C13H12F3N5. The van der Waals surface area contributed by atoms with Crippen molar-refractivity contribution in [2.75, 3.05) is 11.1 Å². The van der Waals surface area contributed by atoms with Gasteiger partial charge in [-0.15, -0.1) is 0 Å². The molecule has 5 nitrogen and oxygen atoms in total. The first-order valence-electron chi connectivity index (χ1n) is 6.43. The van der Waals surface area contributed by atoms with Gasteiger partial charge in [0.1, 0.15) is 17.3 Å². The van der Waals surface area contributed by atoms with Crippen molar-refractivity contribution >= 4 is 17.6 Å². The van der Waals surface area contributed by atoms with Crippen LogP contribution in [-0.2, 0) is 6.42 Å². The maximum atomic E-state index is 13.6. The van der Waals surface area contributed by atoms with E-state index in [1.54, 1.807) is 0 Å². The van der Waals surface area contributed by atoms with Crippen molar-refractivity contribution < 1.29 is 13.2 Å². The molecule has 2 aromatic rings. The van der Waals surface area contributed by atoms with E-state index >= 15 is 0 Å². The van der Waals surface area contributed by atoms with Crippen molar-refractivity contribution in [3.63, 3.8) is 0 Å². The number of hydrogen-bond acceptors (Lipinski definition) is 5. The summed E-state index contributed by atoms with van der Waals surface area (Å²) < 4.78 is 40.0. The fraction of sp³-hybridized carbons (Fsp3) is 0.308. The molecule has 21 heavy (non-hydrogen) atoms. The van der Waals surface area contributed by atoms with E-state index in [1.807, 2.05) is 0 Å². The molecule has 0 atom stereocenters. The van der Waals surface area contributed by atoms with E-state index in [0.29, 0.717) is 30.3 Å². The van der Waals surface area contributed by atoms with Crippen molar-refractivity contribution in [3.8, 4) is 0 Å². The second-order valence-electron chi connectivity index (χ2n) is 4.95. The zero-order valence-corrected chi connectivity index (χ0v) is 10.9. The molecule has 8 heteroatoms. The molecule has 1 aromatic carbocycles. The van der Waals surface area contributed by atoms with E-state index in [-0.39, 0.29) is 11.9 Å². The molecule has 0 spiro atoms. The van der Waals surface area contributed by atoms with E-state index < -0.39 is 23.1 Å². The van der Waals surface area contributed by atoms with Crippen LogP contribution in [0.3, 0.4) is 0 Å². The van der Waals surface area contributed by atoms with Gasteiger partial charge in [0.05, 0.1) is 0 Å². The lowest BCUT2D eigenvalue weighted by atomic mass is 10.2. The topological polar surface area (TPSA) is 76.7 Å². The molecule has 1 aromatic heterocycles. The van der Waals surface area contributed by atoms with E-state index in [4.69, 9.17) is 5.73 Å². The van der Waals surface area contributed by atoms with Gasteiger partial charge in [-0.3, -0.25) is 0 Å². The maximum absolute atomic E-state index is 13.6. The summed E-state index contributed by atoms with van der Waals surface area (Å²) in [7, 11) is 0. The highest BCUT2D eigenvalue weighted by molar-refractivity contribution is 5.55. The molecule has 110 valence electrons. The van der Waals surface area contributed by atoms with Gasteiger partial charge in [-0.25, -0.2) is 13.2 Å². The Kier molecular flexibility index (Phi) is 3.36. The normalized spacial score (nSPS) is 14.2. The van der Waals surface area contributed by atoms with Crippen LogP contribution in [0.15, 0.2) is 12.1 Å². The van der Waals surface area contributed by atoms with Crippen LogP contribution in [-0.4, -0.2) is 15.0 Å². The van der Waals surface area contributed by atoms with Crippen molar-refractivity contribution in [2.45, 2.75) is 19.3 Å². The summed E-state index contributed by atoms with van der Waals surface area (Å²) in [5.41, 5.74) is 5.03. The SMILES string of the molecule is Nc1nc(CC2CC2)nc(Nc2c(F)cc(F)cc2F)n1. The molecule has 3 N–H and O–H groups in total. The number of rotatable bonds is 4. The summed E-state index contributed by atoms with van der Waals surface area (Å²) in [5.74, 6) is -2.26. The molecule has 1 saturated carbocycles. The van der Waals surface area contributed by atoms with Crippen LogP contribution in [0.4, 0.5) is 30.8 Å². The first-order valence-corrected chi connectivity index (χ1v) is 6.43. The number of anilines is 3. The van der Waals surface area contributed by atoms with E-state index in [2.05, 4.69) is 20.3 Å². The van der Waals surface area contributed by atoms with Crippen LogP contribution < -0.4 is 11.1 Å². The van der Waals surface area contributed by atoms with Crippen molar-refractivity contribution in [1.29, 1.82) is 0 Å². The van der Waals surface area contributed by atoms with E-state index in [1.165, 1.54) is 0 Å². The van der Waals surface area contributed by atoms with Gasteiger partial charge in [-0.1, -0.05) is 0 Å². The fourth-order valence-corrected chi connectivity index (χ4v) is 1.94. The van der Waals surface area contributed by atoms with E-state index in [9.17, 15) is 13.2 Å². The van der Waals surface area contributed by atoms with Gasteiger partial charge >= 0.3 is 0 Å². The Morgan fingerprint density at radius 2 is 1.76 bits per heavy atom. The lowest BCUT2D eigenvalue weighted by Crippen LogP contribution is -2.09. The lowest BCUT2D eigenvalue weighted by molar-refractivity contribution is 0.548. The average molecular weight is 295 g/mol. The Morgan fingerprint density at radius 3 is 2.38 bits per heavy atom. The number of nitrogens with zero attached hydrogens (tertiary/aromatic N) is 3. The molecule has 0 aliphatic heterocycles. The lowest BCUT2D eigenvalue weighted by Gasteiger charge is -2.09. The summed E-state index contributed by atoms with van der Waals surface area (Å²) in [6, 6.07) is 1.14. The van der Waals surface area contributed by atoms with Gasteiger partial charge in [-0.05, 0) is 18.8 Å². The van der Waals surface area contributed by atoms with E-state index in [0.717, 1.165) is 12.8 Å². The first kappa shape index (κ1) is 13.6. The second kappa shape index (κ2) is 5.19. The highest BCUT2D eigenvalue weighted by Gasteiger charge is 2.23. The second-order valence-corrected chi connectivity index (χ2v) is 4.95. The van der Waals surface area contributed by atoms with Gasteiger partial charge in [0.15, 0.2) is 11.6 Å². The van der Waals surface area contributed by atoms with Gasteiger partial charge in [0.25, 0.3) is 0 Å². The minimum atomic E-state index is -1.07.